The van der Waals surface area contributed by atoms with Gasteiger partial charge in [0.25, 0.3) is 0 Å². The third-order valence-corrected chi connectivity index (χ3v) is 5.48. The van der Waals surface area contributed by atoms with Gasteiger partial charge in [0, 0.05) is 18.1 Å². The lowest BCUT2D eigenvalue weighted by Gasteiger charge is -2.38. The standard InChI is InChI=1S/C15H25F3N2/c16-15(17,18)11-3-5-12(6-4-11)19-13-7-9-20-8-1-2-14(20)10-13/h11-14,19H,1-10H2. The minimum atomic E-state index is -3.99. The maximum absolute atomic E-state index is 12.6. The predicted molar refractivity (Wildman–Crippen MR) is 72.6 cm³/mol. The number of nitrogens with one attached hydrogen (secondary N) is 1. The Hall–Kier alpha value is -0.290. The van der Waals surface area contributed by atoms with Crippen LogP contribution in [0.5, 0.6) is 0 Å². The van der Waals surface area contributed by atoms with Gasteiger partial charge in [-0.1, -0.05) is 0 Å². The molecule has 116 valence electrons. The van der Waals surface area contributed by atoms with Gasteiger partial charge in [-0.2, -0.15) is 13.2 Å². The minimum Gasteiger partial charge on any atom is -0.311 e. The molecule has 0 bridgehead atoms. The number of alkyl halides is 3. The van der Waals surface area contributed by atoms with Gasteiger partial charge >= 0.3 is 6.18 Å². The van der Waals surface area contributed by atoms with Crippen molar-refractivity contribution in [2.75, 3.05) is 13.1 Å². The monoisotopic (exact) mass is 290 g/mol. The molecule has 3 rings (SSSR count). The number of fused-ring (bicyclic) bond motifs is 1. The molecule has 0 radical (unpaired) electrons. The van der Waals surface area contributed by atoms with E-state index in [0.29, 0.717) is 37.8 Å². The van der Waals surface area contributed by atoms with Crippen LogP contribution in [0.4, 0.5) is 13.2 Å². The van der Waals surface area contributed by atoms with Crippen LogP contribution < -0.4 is 5.32 Å². The fourth-order valence-electron chi connectivity index (χ4n) is 4.30. The van der Waals surface area contributed by atoms with Gasteiger partial charge in [-0.3, -0.25) is 0 Å². The van der Waals surface area contributed by atoms with Crippen LogP contribution in [0.25, 0.3) is 0 Å². The minimum absolute atomic E-state index is 0.309. The quantitative estimate of drug-likeness (QED) is 0.839. The maximum Gasteiger partial charge on any atom is 0.391 e. The average Bonchev–Trinajstić information content (AvgIpc) is 2.86. The Labute approximate surface area is 119 Å². The van der Waals surface area contributed by atoms with Crippen molar-refractivity contribution in [3.8, 4) is 0 Å². The Morgan fingerprint density at radius 1 is 0.850 bits per heavy atom. The van der Waals surface area contributed by atoms with E-state index in [4.69, 9.17) is 0 Å². The highest BCUT2D eigenvalue weighted by Crippen LogP contribution is 2.38. The fourth-order valence-corrected chi connectivity index (χ4v) is 4.30. The topological polar surface area (TPSA) is 15.3 Å². The third kappa shape index (κ3) is 3.30. The van der Waals surface area contributed by atoms with E-state index in [0.717, 1.165) is 12.5 Å². The molecule has 2 heterocycles. The highest BCUT2D eigenvalue weighted by Gasteiger charge is 2.42. The molecule has 2 aliphatic heterocycles. The van der Waals surface area contributed by atoms with E-state index < -0.39 is 12.1 Å². The Morgan fingerprint density at radius 3 is 2.30 bits per heavy atom. The number of hydrogen-bond acceptors (Lipinski definition) is 2. The molecule has 0 aromatic carbocycles. The summed E-state index contributed by atoms with van der Waals surface area (Å²) in [5.41, 5.74) is 0. The molecule has 3 fully saturated rings. The van der Waals surface area contributed by atoms with Gasteiger partial charge in [0.15, 0.2) is 0 Å². The molecule has 2 unspecified atom stereocenters. The molecular weight excluding hydrogens is 265 g/mol. The molecular formula is C15H25F3N2. The lowest BCUT2D eigenvalue weighted by atomic mass is 9.84. The second-order valence-electron chi connectivity index (χ2n) is 6.81. The smallest absolute Gasteiger partial charge is 0.311 e. The number of piperidine rings is 1. The summed E-state index contributed by atoms with van der Waals surface area (Å²) >= 11 is 0. The molecule has 0 aromatic heterocycles. The van der Waals surface area contributed by atoms with Crippen molar-refractivity contribution in [3.63, 3.8) is 0 Å². The van der Waals surface area contributed by atoms with E-state index >= 15 is 0 Å². The van der Waals surface area contributed by atoms with E-state index in [2.05, 4.69) is 10.2 Å². The van der Waals surface area contributed by atoms with Crippen LogP contribution in [0.2, 0.25) is 0 Å². The van der Waals surface area contributed by atoms with Crippen molar-refractivity contribution in [1.29, 1.82) is 0 Å². The van der Waals surface area contributed by atoms with Crippen molar-refractivity contribution in [2.24, 2.45) is 5.92 Å². The number of nitrogens with zero attached hydrogens (tertiary/aromatic N) is 1. The van der Waals surface area contributed by atoms with Crippen LogP contribution >= 0.6 is 0 Å². The van der Waals surface area contributed by atoms with E-state index in [1.807, 2.05) is 0 Å². The number of halogens is 3. The van der Waals surface area contributed by atoms with Crippen molar-refractivity contribution in [1.82, 2.24) is 10.2 Å². The second-order valence-corrected chi connectivity index (χ2v) is 6.81. The van der Waals surface area contributed by atoms with Crippen LogP contribution in [0, 0.1) is 5.92 Å². The molecule has 3 aliphatic rings. The summed E-state index contributed by atoms with van der Waals surface area (Å²) in [5, 5.41) is 3.65. The third-order valence-electron chi connectivity index (χ3n) is 5.48. The SMILES string of the molecule is FC(F)(F)C1CCC(NC2CCN3CCCC3C2)CC1. The number of rotatable bonds is 2. The highest BCUT2D eigenvalue weighted by molar-refractivity contribution is 4.91. The van der Waals surface area contributed by atoms with Crippen molar-refractivity contribution in [3.05, 3.63) is 0 Å². The van der Waals surface area contributed by atoms with Gasteiger partial charge in [-0.15, -0.1) is 0 Å². The lowest BCUT2D eigenvalue weighted by molar-refractivity contribution is -0.182. The molecule has 0 aromatic rings. The summed E-state index contributed by atoms with van der Waals surface area (Å²) < 4.78 is 37.9. The Balaban J connectivity index is 1.43. The number of hydrogen-bond donors (Lipinski definition) is 1. The van der Waals surface area contributed by atoms with Gasteiger partial charge in [-0.25, -0.2) is 0 Å². The summed E-state index contributed by atoms with van der Waals surface area (Å²) in [4.78, 5) is 2.58. The largest absolute Gasteiger partial charge is 0.391 e. The molecule has 1 N–H and O–H groups in total. The Morgan fingerprint density at radius 2 is 1.60 bits per heavy atom. The van der Waals surface area contributed by atoms with Crippen LogP contribution in [0.15, 0.2) is 0 Å². The second kappa shape index (κ2) is 5.84. The van der Waals surface area contributed by atoms with E-state index in [9.17, 15) is 13.2 Å². The van der Waals surface area contributed by atoms with Crippen LogP contribution in [0.3, 0.4) is 0 Å². The summed E-state index contributed by atoms with van der Waals surface area (Å²) in [6.07, 6.45) is 2.99. The fraction of sp³-hybridized carbons (Fsp3) is 1.00. The van der Waals surface area contributed by atoms with Crippen molar-refractivity contribution < 1.29 is 13.2 Å². The van der Waals surface area contributed by atoms with Gasteiger partial charge in [0.05, 0.1) is 5.92 Å². The first-order valence-electron chi connectivity index (χ1n) is 8.09. The first-order chi connectivity index (χ1) is 9.52. The molecule has 0 amide bonds. The normalized spacial score (nSPS) is 39.8. The molecule has 2 saturated heterocycles. The maximum atomic E-state index is 12.6. The summed E-state index contributed by atoms with van der Waals surface area (Å²) in [6, 6.07) is 1.57. The molecule has 20 heavy (non-hydrogen) atoms. The summed E-state index contributed by atoms with van der Waals surface area (Å²) in [7, 11) is 0. The van der Waals surface area contributed by atoms with Gasteiger partial charge in [0.2, 0.25) is 0 Å². The lowest BCUT2D eigenvalue weighted by Crippen LogP contribution is -2.49. The highest BCUT2D eigenvalue weighted by atomic mass is 19.4. The molecule has 1 saturated carbocycles. The Kier molecular flexibility index (Phi) is 4.27. The molecule has 1 aliphatic carbocycles. The molecule has 2 nitrogen and oxygen atoms in total. The van der Waals surface area contributed by atoms with E-state index in [1.165, 1.54) is 32.4 Å². The van der Waals surface area contributed by atoms with Crippen LogP contribution in [0.1, 0.15) is 51.4 Å². The zero-order valence-corrected chi connectivity index (χ0v) is 12.0. The van der Waals surface area contributed by atoms with Crippen LogP contribution in [-0.2, 0) is 0 Å². The zero-order chi connectivity index (χ0) is 14.2. The molecule has 5 heteroatoms. The summed E-state index contributed by atoms with van der Waals surface area (Å²) in [5.74, 6) is -1.06. The van der Waals surface area contributed by atoms with Crippen molar-refractivity contribution >= 4 is 0 Å². The Bertz CT molecular complexity index is 324. The van der Waals surface area contributed by atoms with E-state index in [1.54, 1.807) is 0 Å². The van der Waals surface area contributed by atoms with Crippen molar-refractivity contribution in [2.45, 2.75) is 75.7 Å². The average molecular weight is 290 g/mol. The zero-order valence-electron chi connectivity index (χ0n) is 12.0. The van der Waals surface area contributed by atoms with Gasteiger partial charge < -0.3 is 10.2 Å². The van der Waals surface area contributed by atoms with Gasteiger partial charge in [0.1, 0.15) is 0 Å². The summed E-state index contributed by atoms with van der Waals surface area (Å²) in [6.45, 7) is 2.41. The first-order valence-corrected chi connectivity index (χ1v) is 8.09. The molecule has 2 atom stereocenters. The van der Waals surface area contributed by atoms with Crippen LogP contribution in [-0.4, -0.2) is 42.3 Å². The predicted octanol–water partition coefficient (Wildman–Crippen LogP) is 3.32. The van der Waals surface area contributed by atoms with E-state index in [-0.39, 0.29) is 0 Å². The first kappa shape index (κ1) is 14.6. The van der Waals surface area contributed by atoms with Gasteiger partial charge in [-0.05, 0) is 64.5 Å². The molecule has 0 spiro atoms.